The molecule has 36 heavy (non-hydrogen) atoms. The lowest BCUT2D eigenvalue weighted by Gasteiger charge is -2.20. The number of carbonyl (C=O) groups excluding carboxylic acids is 1. The monoisotopic (exact) mass is 506 g/mol. The molecule has 4 aromatic rings. The van der Waals surface area contributed by atoms with E-state index in [0.717, 1.165) is 41.7 Å². The number of aromatic nitrogens is 4. The number of benzene rings is 2. The molecule has 188 valence electrons. The summed E-state index contributed by atoms with van der Waals surface area (Å²) < 4.78 is 29.5. The van der Waals surface area contributed by atoms with Crippen molar-refractivity contribution in [3.05, 3.63) is 77.5 Å². The summed E-state index contributed by atoms with van der Waals surface area (Å²) in [6.07, 6.45) is 4.34. The Balaban J connectivity index is 1.47. The van der Waals surface area contributed by atoms with Gasteiger partial charge in [-0.05, 0) is 36.2 Å². The number of H-pyrrole nitrogens is 1. The van der Waals surface area contributed by atoms with E-state index < -0.39 is 16.1 Å². The summed E-state index contributed by atoms with van der Waals surface area (Å²) >= 11 is 0. The van der Waals surface area contributed by atoms with Crippen molar-refractivity contribution in [3.63, 3.8) is 0 Å². The van der Waals surface area contributed by atoms with Crippen molar-refractivity contribution in [3.8, 4) is 0 Å². The summed E-state index contributed by atoms with van der Waals surface area (Å²) in [6.45, 7) is 5.13. The van der Waals surface area contributed by atoms with Crippen LogP contribution in [0.3, 0.4) is 0 Å². The number of amides is 1. The molecule has 1 aliphatic rings. The van der Waals surface area contributed by atoms with Crippen LogP contribution in [0.4, 0.5) is 0 Å². The third-order valence-corrected chi connectivity index (χ3v) is 8.84. The van der Waals surface area contributed by atoms with Crippen LogP contribution >= 0.6 is 0 Å². The minimum Gasteiger partial charge on any atom is -0.361 e. The number of rotatable bonds is 9. The van der Waals surface area contributed by atoms with Crippen molar-refractivity contribution in [1.82, 2.24) is 29.4 Å². The Hall–Kier alpha value is -3.50. The molecule has 0 unspecified atom stereocenters. The van der Waals surface area contributed by atoms with E-state index in [9.17, 15) is 13.2 Å². The molecule has 2 N–H and O–H groups in total. The number of sulfonamides is 1. The lowest BCUT2D eigenvalue weighted by molar-refractivity contribution is 0.0933. The van der Waals surface area contributed by atoms with Crippen molar-refractivity contribution in [2.75, 3.05) is 13.1 Å². The summed E-state index contributed by atoms with van der Waals surface area (Å²) in [7, 11) is -3.68. The van der Waals surface area contributed by atoms with E-state index in [-0.39, 0.29) is 16.4 Å². The predicted molar refractivity (Wildman–Crippen MR) is 137 cm³/mol. The van der Waals surface area contributed by atoms with Crippen molar-refractivity contribution in [2.45, 2.75) is 50.6 Å². The highest BCUT2D eigenvalue weighted by Crippen LogP contribution is 2.27. The number of fused-ring (bicyclic) bond motifs is 2. The van der Waals surface area contributed by atoms with Gasteiger partial charge in [-0.25, -0.2) is 8.42 Å². The molecule has 10 heteroatoms. The van der Waals surface area contributed by atoms with Crippen LogP contribution in [-0.2, 0) is 29.4 Å². The first-order valence-corrected chi connectivity index (χ1v) is 13.7. The number of aromatic amines is 1. The van der Waals surface area contributed by atoms with Gasteiger partial charge in [0.15, 0.2) is 5.82 Å². The Kier molecular flexibility index (Phi) is 6.63. The van der Waals surface area contributed by atoms with E-state index in [1.54, 1.807) is 26.0 Å². The fourth-order valence-electron chi connectivity index (χ4n) is 4.91. The van der Waals surface area contributed by atoms with Crippen LogP contribution in [0.1, 0.15) is 53.9 Å². The van der Waals surface area contributed by atoms with Gasteiger partial charge < -0.3 is 14.9 Å². The van der Waals surface area contributed by atoms with Gasteiger partial charge in [-0.2, -0.15) is 4.31 Å². The van der Waals surface area contributed by atoms with Gasteiger partial charge in [-0.15, -0.1) is 10.2 Å². The molecule has 9 nitrogen and oxygen atoms in total. The van der Waals surface area contributed by atoms with Gasteiger partial charge in [-0.1, -0.05) is 38.1 Å². The lowest BCUT2D eigenvalue weighted by atomic mass is 10.0. The van der Waals surface area contributed by atoms with Gasteiger partial charge in [0, 0.05) is 55.1 Å². The molecule has 0 aliphatic carbocycles. The van der Waals surface area contributed by atoms with Gasteiger partial charge in [-0.3, -0.25) is 4.79 Å². The Morgan fingerprint density at radius 1 is 1.14 bits per heavy atom. The molecule has 0 radical (unpaired) electrons. The minimum atomic E-state index is -3.68. The zero-order valence-electron chi connectivity index (χ0n) is 20.4. The highest BCUT2D eigenvalue weighted by molar-refractivity contribution is 7.89. The number of hydrogen-bond donors (Lipinski definition) is 2. The Morgan fingerprint density at radius 2 is 1.94 bits per heavy atom. The summed E-state index contributed by atoms with van der Waals surface area (Å²) in [6, 6.07) is 13.8. The molecule has 0 spiro atoms. The minimum absolute atomic E-state index is 0.107. The quantitative estimate of drug-likeness (QED) is 0.361. The highest BCUT2D eigenvalue weighted by atomic mass is 32.2. The van der Waals surface area contributed by atoms with E-state index in [1.807, 2.05) is 24.4 Å². The second-order valence-electron chi connectivity index (χ2n) is 8.94. The average Bonchev–Trinajstić information content (AvgIpc) is 3.61. The number of hydrogen-bond acceptors (Lipinski definition) is 5. The number of aryl methyl sites for hydroxylation is 1. The molecule has 0 saturated carbocycles. The van der Waals surface area contributed by atoms with Crippen LogP contribution in [-0.4, -0.2) is 51.5 Å². The molecule has 2 aromatic carbocycles. The summed E-state index contributed by atoms with van der Waals surface area (Å²) in [4.78, 5) is 16.8. The predicted octanol–water partition coefficient (Wildman–Crippen LogP) is 3.45. The highest BCUT2D eigenvalue weighted by Gasteiger charge is 2.28. The number of carbonyl (C=O) groups is 1. The van der Waals surface area contributed by atoms with Crippen LogP contribution in [0.15, 0.2) is 59.6 Å². The molecule has 5 rings (SSSR count). The van der Waals surface area contributed by atoms with Crippen molar-refractivity contribution >= 4 is 26.8 Å². The molecular formula is C26H30N6O3S. The smallest absolute Gasteiger partial charge is 0.251 e. The fraction of sp³-hybridized carbons (Fsp3) is 0.346. The van der Waals surface area contributed by atoms with Gasteiger partial charge in [0.1, 0.15) is 5.82 Å². The SMILES string of the molecule is CCN(CC)S(=O)(=O)c1cccc(C(=O)N[C@@H](Cc2c[nH]c3ccccc23)c2nnc3n2CCC3)c1. The maximum atomic E-state index is 13.4. The van der Waals surface area contributed by atoms with Gasteiger partial charge in [0.05, 0.1) is 10.9 Å². The molecule has 0 saturated heterocycles. The Bertz CT molecular complexity index is 1500. The largest absolute Gasteiger partial charge is 0.361 e. The Labute approximate surface area is 210 Å². The summed E-state index contributed by atoms with van der Waals surface area (Å²) in [5.74, 6) is 1.29. The van der Waals surface area contributed by atoms with Gasteiger partial charge in [0.2, 0.25) is 10.0 Å². The summed E-state index contributed by atoms with van der Waals surface area (Å²) in [5, 5.41) is 13.0. The first-order valence-electron chi connectivity index (χ1n) is 12.3. The van der Waals surface area contributed by atoms with E-state index in [0.29, 0.717) is 25.3 Å². The Morgan fingerprint density at radius 3 is 2.75 bits per heavy atom. The van der Waals surface area contributed by atoms with Crippen LogP contribution < -0.4 is 5.32 Å². The van der Waals surface area contributed by atoms with Crippen LogP contribution in [0.25, 0.3) is 10.9 Å². The van der Waals surface area contributed by atoms with Crippen LogP contribution in [0.5, 0.6) is 0 Å². The number of nitrogens with one attached hydrogen (secondary N) is 2. The normalized spacial score (nSPS) is 14.3. The first kappa shape index (κ1) is 24.2. The molecule has 3 heterocycles. The maximum absolute atomic E-state index is 13.4. The van der Waals surface area contributed by atoms with Crippen molar-refractivity contribution in [1.29, 1.82) is 0 Å². The summed E-state index contributed by atoms with van der Waals surface area (Å²) in [5.41, 5.74) is 2.37. The molecule has 1 amide bonds. The zero-order chi connectivity index (χ0) is 25.3. The zero-order valence-corrected chi connectivity index (χ0v) is 21.3. The first-order chi connectivity index (χ1) is 17.4. The number of nitrogens with zero attached hydrogens (tertiary/aromatic N) is 4. The van der Waals surface area contributed by atoms with Crippen molar-refractivity contribution in [2.24, 2.45) is 0 Å². The third kappa shape index (κ3) is 4.42. The molecular weight excluding hydrogens is 476 g/mol. The van der Waals surface area contributed by atoms with Crippen LogP contribution in [0.2, 0.25) is 0 Å². The lowest BCUT2D eigenvalue weighted by Crippen LogP contribution is -2.33. The fourth-order valence-corrected chi connectivity index (χ4v) is 6.41. The van der Waals surface area contributed by atoms with E-state index in [4.69, 9.17) is 0 Å². The molecule has 2 aromatic heterocycles. The topological polar surface area (TPSA) is 113 Å². The molecule has 0 bridgehead atoms. The van der Waals surface area contributed by atoms with E-state index in [1.165, 1.54) is 16.4 Å². The third-order valence-electron chi connectivity index (χ3n) is 6.79. The molecule has 1 atom stereocenters. The van der Waals surface area contributed by atoms with Crippen LogP contribution in [0, 0.1) is 0 Å². The molecule has 1 aliphatic heterocycles. The second kappa shape index (κ2) is 9.87. The van der Waals surface area contributed by atoms with E-state index >= 15 is 0 Å². The standard InChI is InChI=1S/C26H30N6O3S/c1-3-31(4-2)36(34,35)20-10-7-9-18(15-20)26(33)28-23(25-30-29-24-13-8-14-32(24)25)16-19-17-27-22-12-6-5-11-21(19)22/h5-7,9-12,15,17,23,27H,3-4,8,13-14,16H2,1-2H3,(H,28,33)/t23-/m0/s1. The maximum Gasteiger partial charge on any atom is 0.251 e. The molecule has 0 fully saturated rings. The van der Waals surface area contributed by atoms with Gasteiger partial charge in [0.25, 0.3) is 5.91 Å². The number of para-hydroxylation sites is 1. The average molecular weight is 507 g/mol. The second-order valence-corrected chi connectivity index (χ2v) is 10.9. The van der Waals surface area contributed by atoms with Gasteiger partial charge >= 0.3 is 0 Å². The van der Waals surface area contributed by atoms with E-state index in [2.05, 4.69) is 31.1 Å². The van der Waals surface area contributed by atoms with Crippen molar-refractivity contribution < 1.29 is 13.2 Å².